The van der Waals surface area contributed by atoms with Crippen molar-refractivity contribution in [1.82, 2.24) is 4.90 Å². The van der Waals surface area contributed by atoms with Crippen LogP contribution in [0.5, 0.6) is 5.75 Å². The Hall–Kier alpha value is -2.67. The highest BCUT2D eigenvalue weighted by molar-refractivity contribution is 9.10. The number of benzene rings is 2. The molecule has 0 aliphatic heterocycles. The number of carbonyl (C=O) groups is 2. The van der Waals surface area contributed by atoms with Gasteiger partial charge in [0.25, 0.3) is 0 Å². The van der Waals surface area contributed by atoms with Crippen LogP contribution in [0.25, 0.3) is 6.08 Å². The highest BCUT2D eigenvalue weighted by Gasteiger charge is 2.11. The summed E-state index contributed by atoms with van der Waals surface area (Å²) in [5.74, 6) is -0.580. The Kier molecular flexibility index (Phi) is 6.91. The third kappa shape index (κ3) is 5.70. The van der Waals surface area contributed by atoms with E-state index in [-0.39, 0.29) is 12.5 Å². The van der Waals surface area contributed by atoms with Crippen molar-refractivity contribution in [3.05, 3.63) is 64.4 Å². The van der Waals surface area contributed by atoms with Crippen molar-refractivity contribution >= 4 is 39.5 Å². The highest BCUT2D eigenvalue weighted by Crippen LogP contribution is 2.24. The summed E-state index contributed by atoms with van der Waals surface area (Å²) in [5, 5.41) is 2.54. The molecule has 0 radical (unpaired) electrons. The van der Waals surface area contributed by atoms with Crippen LogP contribution < -0.4 is 10.1 Å². The molecule has 5 nitrogen and oxygen atoms in total. The predicted octanol–water partition coefficient (Wildman–Crippen LogP) is 3.71. The molecule has 0 fully saturated rings. The molecule has 26 heavy (non-hydrogen) atoms. The first-order valence-corrected chi connectivity index (χ1v) is 8.50. The largest absolute Gasteiger partial charge is 0.496 e. The highest BCUT2D eigenvalue weighted by atomic mass is 79.9. The standard InChI is InChI=1S/C19H18BrFN2O3/c1-23(12-18(24)22-16-5-3-4-15(21)11-16)19(25)9-6-13-10-14(20)7-8-17(13)26-2/h3-11H,12H2,1-2H3,(H,22,24). The van der Waals surface area contributed by atoms with Crippen molar-refractivity contribution in [1.29, 1.82) is 0 Å². The Labute approximate surface area is 159 Å². The SMILES string of the molecule is COc1ccc(Br)cc1C=CC(=O)N(C)CC(=O)Nc1cccc(F)c1. The fraction of sp³-hybridized carbons (Fsp3) is 0.158. The molecular weight excluding hydrogens is 403 g/mol. The number of hydrogen-bond donors (Lipinski definition) is 1. The van der Waals surface area contributed by atoms with Gasteiger partial charge in [-0.25, -0.2) is 4.39 Å². The molecule has 7 heteroatoms. The number of rotatable bonds is 6. The van der Waals surface area contributed by atoms with Gasteiger partial charge in [0, 0.05) is 28.8 Å². The third-order valence-corrected chi connectivity index (χ3v) is 3.96. The fourth-order valence-electron chi connectivity index (χ4n) is 2.18. The first kappa shape index (κ1) is 19.7. The van der Waals surface area contributed by atoms with Crippen molar-refractivity contribution in [2.45, 2.75) is 0 Å². The molecule has 1 N–H and O–H groups in total. The van der Waals surface area contributed by atoms with Crippen LogP contribution in [-0.4, -0.2) is 37.4 Å². The van der Waals surface area contributed by atoms with Crippen LogP contribution in [0.4, 0.5) is 10.1 Å². The zero-order valence-electron chi connectivity index (χ0n) is 14.3. The summed E-state index contributed by atoms with van der Waals surface area (Å²) in [6.45, 7) is -0.157. The van der Waals surface area contributed by atoms with E-state index in [9.17, 15) is 14.0 Å². The molecule has 0 aliphatic rings. The molecule has 0 atom stereocenters. The van der Waals surface area contributed by atoms with Gasteiger partial charge >= 0.3 is 0 Å². The van der Waals surface area contributed by atoms with Gasteiger partial charge in [-0.05, 0) is 42.5 Å². The summed E-state index contributed by atoms with van der Waals surface area (Å²) in [7, 11) is 3.06. The van der Waals surface area contributed by atoms with E-state index < -0.39 is 11.7 Å². The second-order valence-corrected chi connectivity index (χ2v) is 6.39. The number of carbonyl (C=O) groups excluding carboxylic acids is 2. The van der Waals surface area contributed by atoms with Gasteiger partial charge in [-0.15, -0.1) is 0 Å². The molecule has 0 spiro atoms. The van der Waals surface area contributed by atoms with E-state index in [4.69, 9.17) is 4.74 Å². The average molecular weight is 421 g/mol. The summed E-state index contributed by atoms with van der Waals surface area (Å²) in [4.78, 5) is 25.4. The number of nitrogens with one attached hydrogen (secondary N) is 1. The number of methoxy groups -OCH3 is 1. The van der Waals surface area contributed by atoms with Crippen molar-refractivity contribution in [2.75, 3.05) is 26.0 Å². The zero-order chi connectivity index (χ0) is 19.1. The second kappa shape index (κ2) is 9.15. The number of hydrogen-bond acceptors (Lipinski definition) is 3. The Morgan fingerprint density at radius 1 is 1.27 bits per heavy atom. The second-order valence-electron chi connectivity index (χ2n) is 5.47. The maximum atomic E-state index is 13.1. The van der Waals surface area contributed by atoms with Crippen molar-refractivity contribution in [3.63, 3.8) is 0 Å². The third-order valence-electron chi connectivity index (χ3n) is 3.46. The monoisotopic (exact) mass is 420 g/mol. The van der Waals surface area contributed by atoms with Crippen molar-refractivity contribution in [3.8, 4) is 5.75 Å². The van der Waals surface area contributed by atoms with Gasteiger partial charge < -0.3 is 15.0 Å². The number of halogens is 2. The average Bonchev–Trinajstić information content (AvgIpc) is 2.59. The quantitative estimate of drug-likeness (QED) is 0.724. The number of amides is 2. The number of likely N-dealkylation sites (N-methyl/N-ethyl adjacent to an activating group) is 1. The van der Waals surface area contributed by atoms with Crippen LogP contribution in [0.3, 0.4) is 0 Å². The molecule has 2 amide bonds. The van der Waals surface area contributed by atoms with Gasteiger partial charge in [-0.3, -0.25) is 9.59 Å². The van der Waals surface area contributed by atoms with E-state index in [0.29, 0.717) is 11.4 Å². The van der Waals surface area contributed by atoms with Crippen LogP contribution in [0.1, 0.15) is 5.56 Å². The molecule has 2 aromatic rings. The van der Waals surface area contributed by atoms with Crippen molar-refractivity contribution < 1.29 is 18.7 Å². The van der Waals surface area contributed by atoms with Crippen molar-refractivity contribution in [2.24, 2.45) is 0 Å². The predicted molar refractivity (Wildman–Crippen MR) is 102 cm³/mol. The molecule has 0 heterocycles. The van der Waals surface area contributed by atoms with E-state index in [1.54, 1.807) is 25.3 Å². The molecule has 0 aliphatic carbocycles. The van der Waals surface area contributed by atoms with Gasteiger partial charge in [0.05, 0.1) is 13.7 Å². The lowest BCUT2D eigenvalue weighted by atomic mass is 10.2. The van der Waals surface area contributed by atoms with Crippen LogP contribution in [0.15, 0.2) is 53.0 Å². The van der Waals surface area contributed by atoms with Crippen LogP contribution in [0.2, 0.25) is 0 Å². The molecule has 0 saturated carbocycles. The van der Waals surface area contributed by atoms with E-state index in [2.05, 4.69) is 21.2 Å². The Bertz CT molecular complexity index is 839. The fourth-order valence-corrected chi connectivity index (χ4v) is 2.56. The van der Waals surface area contributed by atoms with E-state index in [0.717, 1.165) is 10.0 Å². The zero-order valence-corrected chi connectivity index (χ0v) is 15.9. The molecule has 0 aromatic heterocycles. The Balaban J connectivity index is 1.97. The van der Waals surface area contributed by atoms with Crippen LogP contribution in [0, 0.1) is 5.82 Å². The maximum Gasteiger partial charge on any atom is 0.246 e. The van der Waals surface area contributed by atoms with Gasteiger partial charge in [-0.2, -0.15) is 0 Å². The lowest BCUT2D eigenvalue weighted by Crippen LogP contribution is -2.33. The van der Waals surface area contributed by atoms with E-state index in [1.165, 1.54) is 36.2 Å². The Morgan fingerprint density at radius 2 is 2.04 bits per heavy atom. The molecule has 0 unspecified atom stereocenters. The summed E-state index contributed by atoms with van der Waals surface area (Å²) in [6, 6.07) is 11.0. The van der Waals surface area contributed by atoms with Gasteiger partial charge in [0.2, 0.25) is 11.8 Å². The Morgan fingerprint density at radius 3 is 2.73 bits per heavy atom. The minimum atomic E-state index is -0.446. The maximum absolute atomic E-state index is 13.1. The summed E-state index contributed by atoms with van der Waals surface area (Å²) < 4.78 is 19.2. The van der Waals surface area contributed by atoms with E-state index in [1.807, 2.05) is 12.1 Å². The molecule has 2 aromatic carbocycles. The molecule has 2 rings (SSSR count). The minimum Gasteiger partial charge on any atom is -0.496 e. The van der Waals surface area contributed by atoms with Crippen LogP contribution in [-0.2, 0) is 9.59 Å². The van der Waals surface area contributed by atoms with Gasteiger partial charge in [-0.1, -0.05) is 22.0 Å². The molecule has 0 bridgehead atoms. The number of ether oxygens (including phenoxy) is 1. The smallest absolute Gasteiger partial charge is 0.246 e. The summed E-state index contributed by atoms with van der Waals surface area (Å²) >= 11 is 3.37. The number of nitrogens with zero attached hydrogens (tertiary/aromatic N) is 1. The first-order chi connectivity index (χ1) is 12.4. The minimum absolute atomic E-state index is 0.157. The lowest BCUT2D eigenvalue weighted by Gasteiger charge is -2.15. The van der Waals surface area contributed by atoms with Gasteiger partial charge in [0.15, 0.2) is 0 Å². The first-order valence-electron chi connectivity index (χ1n) is 7.71. The molecule has 0 saturated heterocycles. The number of anilines is 1. The van der Waals surface area contributed by atoms with Gasteiger partial charge in [0.1, 0.15) is 11.6 Å². The summed E-state index contributed by atoms with van der Waals surface area (Å²) in [5.41, 5.74) is 1.07. The van der Waals surface area contributed by atoms with E-state index >= 15 is 0 Å². The topological polar surface area (TPSA) is 58.6 Å². The summed E-state index contributed by atoms with van der Waals surface area (Å²) in [6.07, 6.45) is 2.98. The van der Waals surface area contributed by atoms with Crippen LogP contribution >= 0.6 is 15.9 Å². The molecular formula is C19H18BrFN2O3. The normalized spacial score (nSPS) is 10.6. The lowest BCUT2D eigenvalue weighted by molar-refractivity contribution is -0.129. The molecule has 136 valence electrons.